The van der Waals surface area contributed by atoms with Gasteiger partial charge in [0.15, 0.2) is 0 Å². The lowest BCUT2D eigenvalue weighted by Gasteiger charge is -2.16. The Labute approximate surface area is 86.8 Å². The Balaban J connectivity index is 2.81. The van der Waals surface area contributed by atoms with Crippen LogP contribution in [0.1, 0.15) is 51.0 Å². The van der Waals surface area contributed by atoms with Crippen molar-refractivity contribution in [2.75, 3.05) is 0 Å². The van der Waals surface area contributed by atoms with Gasteiger partial charge in [0, 0.05) is 0 Å². The smallest absolute Gasteiger partial charge is 0.119 e. The monoisotopic (exact) mass is 192 g/mol. The third-order valence-corrected chi connectivity index (χ3v) is 2.65. The van der Waals surface area contributed by atoms with E-state index in [1.165, 1.54) is 25.7 Å². The average Bonchev–Trinajstić information content (AvgIpc) is 2.18. The molecular weight excluding hydrogens is 172 g/mol. The fourth-order valence-corrected chi connectivity index (χ4v) is 1.99. The summed E-state index contributed by atoms with van der Waals surface area (Å²) in [5.41, 5.74) is 1.12. The zero-order valence-electron chi connectivity index (χ0n) is 9.16. The number of aromatic hydroxyl groups is 1. The molecule has 1 N–H and O–H groups in total. The molecule has 0 saturated heterocycles. The van der Waals surface area contributed by atoms with Crippen LogP contribution in [0.3, 0.4) is 0 Å². The van der Waals surface area contributed by atoms with Crippen LogP contribution in [0.15, 0.2) is 24.3 Å². The zero-order valence-corrected chi connectivity index (χ0v) is 9.16. The minimum Gasteiger partial charge on any atom is -0.508 e. The second-order valence-corrected chi connectivity index (χ2v) is 3.83. The summed E-state index contributed by atoms with van der Waals surface area (Å²) in [6, 6.07) is 7.72. The first kappa shape index (κ1) is 11.1. The molecule has 0 heterocycles. The van der Waals surface area contributed by atoms with Gasteiger partial charge in [-0.05, 0) is 30.4 Å². The van der Waals surface area contributed by atoms with E-state index < -0.39 is 0 Å². The minimum absolute atomic E-state index is 0.458. The molecule has 78 valence electrons. The quantitative estimate of drug-likeness (QED) is 0.745. The summed E-state index contributed by atoms with van der Waals surface area (Å²) in [5.74, 6) is 0.991. The SMILES string of the molecule is CCCC(CCC)c1ccccc1O. The van der Waals surface area contributed by atoms with E-state index in [0.717, 1.165) is 5.56 Å². The molecule has 1 aromatic carbocycles. The van der Waals surface area contributed by atoms with Crippen molar-refractivity contribution in [1.29, 1.82) is 0 Å². The van der Waals surface area contributed by atoms with E-state index in [1.807, 2.05) is 18.2 Å². The van der Waals surface area contributed by atoms with Gasteiger partial charge in [-0.1, -0.05) is 44.9 Å². The summed E-state index contributed by atoms with van der Waals surface area (Å²) >= 11 is 0. The van der Waals surface area contributed by atoms with E-state index in [1.54, 1.807) is 6.07 Å². The minimum atomic E-state index is 0.458. The molecule has 0 aliphatic rings. The fraction of sp³-hybridized carbons (Fsp3) is 0.538. The summed E-state index contributed by atoms with van der Waals surface area (Å²) in [6.45, 7) is 4.39. The highest BCUT2D eigenvalue weighted by Gasteiger charge is 2.12. The molecule has 0 aromatic heterocycles. The molecule has 0 atom stereocenters. The van der Waals surface area contributed by atoms with Crippen LogP contribution in [-0.2, 0) is 0 Å². The van der Waals surface area contributed by atoms with Gasteiger partial charge in [0.05, 0.1) is 0 Å². The Bertz CT molecular complexity index is 262. The van der Waals surface area contributed by atoms with E-state index in [4.69, 9.17) is 0 Å². The summed E-state index contributed by atoms with van der Waals surface area (Å²) in [5, 5.41) is 9.73. The Morgan fingerprint density at radius 3 is 2.14 bits per heavy atom. The molecular formula is C13H20O. The third-order valence-electron chi connectivity index (χ3n) is 2.65. The summed E-state index contributed by atoms with van der Waals surface area (Å²) in [4.78, 5) is 0. The lowest BCUT2D eigenvalue weighted by Crippen LogP contribution is -1.98. The van der Waals surface area contributed by atoms with Crippen LogP contribution in [0.5, 0.6) is 5.75 Å². The predicted molar refractivity (Wildman–Crippen MR) is 60.7 cm³/mol. The molecule has 1 rings (SSSR count). The van der Waals surface area contributed by atoms with Crippen LogP contribution in [-0.4, -0.2) is 5.11 Å². The highest BCUT2D eigenvalue weighted by molar-refractivity contribution is 5.34. The van der Waals surface area contributed by atoms with Crippen LogP contribution in [0.2, 0.25) is 0 Å². The van der Waals surface area contributed by atoms with E-state index >= 15 is 0 Å². The van der Waals surface area contributed by atoms with Crippen molar-refractivity contribution in [3.8, 4) is 5.75 Å². The Hall–Kier alpha value is -0.980. The zero-order chi connectivity index (χ0) is 10.4. The molecule has 0 aliphatic carbocycles. The largest absolute Gasteiger partial charge is 0.508 e. The predicted octanol–water partition coefficient (Wildman–Crippen LogP) is 4.08. The number of hydrogen-bond donors (Lipinski definition) is 1. The van der Waals surface area contributed by atoms with Gasteiger partial charge in [-0.15, -0.1) is 0 Å². The normalized spacial score (nSPS) is 10.8. The standard InChI is InChI=1S/C13H20O/c1-3-7-11(8-4-2)12-9-5-6-10-13(12)14/h5-6,9-11,14H,3-4,7-8H2,1-2H3. The van der Waals surface area contributed by atoms with Gasteiger partial charge in [0.25, 0.3) is 0 Å². The van der Waals surface area contributed by atoms with Crippen LogP contribution in [0.4, 0.5) is 0 Å². The van der Waals surface area contributed by atoms with Crippen molar-refractivity contribution in [2.24, 2.45) is 0 Å². The first-order valence-corrected chi connectivity index (χ1v) is 5.57. The van der Waals surface area contributed by atoms with Crippen LogP contribution in [0, 0.1) is 0 Å². The molecule has 0 saturated carbocycles. The molecule has 1 aromatic rings. The van der Waals surface area contributed by atoms with Gasteiger partial charge in [-0.3, -0.25) is 0 Å². The molecule has 0 fully saturated rings. The lowest BCUT2D eigenvalue weighted by molar-refractivity contribution is 0.450. The van der Waals surface area contributed by atoms with Crippen molar-refractivity contribution in [3.05, 3.63) is 29.8 Å². The molecule has 1 heteroatoms. The summed E-state index contributed by atoms with van der Waals surface area (Å²) in [7, 11) is 0. The fourth-order valence-electron chi connectivity index (χ4n) is 1.99. The maximum absolute atomic E-state index is 9.73. The molecule has 0 amide bonds. The van der Waals surface area contributed by atoms with Crippen LogP contribution in [0.25, 0.3) is 0 Å². The van der Waals surface area contributed by atoms with Gasteiger partial charge in [-0.2, -0.15) is 0 Å². The highest BCUT2D eigenvalue weighted by atomic mass is 16.3. The number of phenols is 1. The maximum Gasteiger partial charge on any atom is 0.119 e. The third kappa shape index (κ3) is 2.76. The molecule has 0 aliphatic heterocycles. The molecule has 0 spiro atoms. The van der Waals surface area contributed by atoms with Gasteiger partial charge in [0.1, 0.15) is 5.75 Å². The second kappa shape index (κ2) is 5.69. The van der Waals surface area contributed by atoms with Crippen molar-refractivity contribution >= 4 is 0 Å². The molecule has 0 radical (unpaired) electrons. The lowest BCUT2D eigenvalue weighted by atomic mass is 9.90. The topological polar surface area (TPSA) is 20.2 Å². The van der Waals surface area contributed by atoms with E-state index in [9.17, 15) is 5.11 Å². The Kier molecular flexibility index (Phi) is 4.51. The van der Waals surface area contributed by atoms with E-state index in [-0.39, 0.29) is 0 Å². The molecule has 0 unspecified atom stereocenters. The Morgan fingerprint density at radius 1 is 1.07 bits per heavy atom. The summed E-state index contributed by atoms with van der Waals surface area (Å²) < 4.78 is 0. The van der Waals surface area contributed by atoms with Gasteiger partial charge < -0.3 is 5.11 Å². The number of hydrogen-bond acceptors (Lipinski definition) is 1. The van der Waals surface area contributed by atoms with Gasteiger partial charge in [-0.25, -0.2) is 0 Å². The van der Waals surface area contributed by atoms with Crippen molar-refractivity contribution in [3.63, 3.8) is 0 Å². The highest BCUT2D eigenvalue weighted by Crippen LogP contribution is 2.32. The molecule has 14 heavy (non-hydrogen) atoms. The van der Waals surface area contributed by atoms with E-state index in [2.05, 4.69) is 13.8 Å². The number of rotatable bonds is 5. The molecule has 1 nitrogen and oxygen atoms in total. The number of phenolic OH excluding ortho intramolecular Hbond substituents is 1. The van der Waals surface area contributed by atoms with Crippen molar-refractivity contribution in [1.82, 2.24) is 0 Å². The van der Waals surface area contributed by atoms with Crippen molar-refractivity contribution < 1.29 is 5.11 Å². The second-order valence-electron chi connectivity index (χ2n) is 3.83. The summed E-state index contributed by atoms with van der Waals surface area (Å²) in [6.07, 6.45) is 4.70. The van der Waals surface area contributed by atoms with Crippen LogP contribution >= 0.6 is 0 Å². The number of benzene rings is 1. The van der Waals surface area contributed by atoms with Gasteiger partial charge in [0.2, 0.25) is 0 Å². The average molecular weight is 192 g/mol. The Morgan fingerprint density at radius 2 is 1.64 bits per heavy atom. The van der Waals surface area contributed by atoms with Gasteiger partial charge >= 0.3 is 0 Å². The van der Waals surface area contributed by atoms with E-state index in [0.29, 0.717) is 11.7 Å². The van der Waals surface area contributed by atoms with Crippen molar-refractivity contribution in [2.45, 2.75) is 45.4 Å². The molecule has 0 bridgehead atoms. The first-order chi connectivity index (χ1) is 6.79. The first-order valence-electron chi connectivity index (χ1n) is 5.57. The van der Waals surface area contributed by atoms with Crippen LogP contribution < -0.4 is 0 Å². The number of para-hydroxylation sites is 1. The maximum atomic E-state index is 9.73.